The number of ether oxygens (including phenoxy) is 1. The fraction of sp³-hybridized carbons (Fsp3) is 0.350. The molecule has 1 heterocycles. The number of para-hydroxylation sites is 1. The minimum absolute atomic E-state index is 0.100. The molecule has 0 saturated carbocycles. The van der Waals surface area contributed by atoms with Crippen LogP contribution < -0.4 is 15.4 Å². The highest BCUT2D eigenvalue weighted by Gasteiger charge is 2.14. The van der Waals surface area contributed by atoms with Crippen LogP contribution in [-0.4, -0.2) is 25.6 Å². The van der Waals surface area contributed by atoms with E-state index in [9.17, 15) is 4.79 Å². The summed E-state index contributed by atoms with van der Waals surface area (Å²) in [7, 11) is 1.60. The van der Waals surface area contributed by atoms with Crippen LogP contribution in [0.1, 0.15) is 26.7 Å². The molecular weight excluding hydrogens is 316 g/mol. The molecule has 25 heavy (non-hydrogen) atoms. The second-order valence-electron chi connectivity index (χ2n) is 6.27. The van der Waals surface area contributed by atoms with E-state index in [2.05, 4.69) is 24.5 Å². The van der Waals surface area contributed by atoms with Crippen molar-refractivity contribution in [2.45, 2.75) is 32.7 Å². The first-order valence-corrected chi connectivity index (χ1v) is 8.65. The summed E-state index contributed by atoms with van der Waals surface area (Å²) in [5, 5.41) is 8.14. The predicted octanol–water partition coefficient (Wildman–Crippen LogP) is 4.31. The van der Waals surface area contributed by atoms with Gasteiger partial charge in [0, 0.05) is 22.9 Å². The molecule has 132 valence electrons. The van der Waals surface area contributed by atoms with Crippen molar-refractivity contribution in [3.05, 3.63) is 36.4 Å². The van der Waals surface area contributed by atoms with Gasteiger partial charge < -0.3 is 19.8 Å². The average molecular weight is 340 g/mol. The largest absolute Gasteiger partial charge is 0.495 e. The van der Waals surface area contributed by atoms with Gasteiger partial charge >= 0.3 is 0 Å². The van der Waals surface area contributed by atoms with Crippen LogP contribution in [0.3, 0.4) is 0 Å². The van der Waals surface area contributed by atoms with Gasteiger partial charge in [-0.25, -0.2) is 0 Å². The monoisotopic (exact) mass is 340 g/mol. The number of carbonyl (C=O) groups excluding carboxylic acids is 1. The number of rotatable bonds is 7. The van der Waals surface area contributed by atoms with Gasteiger partial charge in [0.15, 0.2) is 0 Å². The molecule has 5 heteroatoms. The molecule has 0 bridgehead atoms. The van der Waals surface area contributed by atoms with Crippen LogP contribution in [0.15, 0.2) is 40.8 Å². The summed E-state index contributed by atoms with van der Waals surface area (Å²) < 4.78 is 11.3. The first-order chi connectivity index (χ1) is 12.1. The molecule has 0 fully saturated rings. The lowest BCUT2D eigenvalue weighted by Crippen LogP contribution is -2.34. The normalized spacial score (nSPS) is 12.4. The van der Waals surface area contributed by atoms with Crippen molar-refractivity contribution in [3.8, 4) is 5.75 Å². The van der Waals surface area contributed by atoms with Gasteiger partial charge in [-0.05, 0) is 25.5 Å². The molecule has 0 spiro atoms. The molecule has 3 aromatic rings. The van der Waals surface area contributed by atoms with Crippen LogP contribution in [-0.2, 0) is 4.79 Å². The van der Waals surface area contributed by atoms with Crippen molar-refractivity contribution in [1.82, 2.24) is 5.32 Å². The van der Waals surface area contributed by atoms with Crippen LogP contribution in [0.5, 0.6) is 5.75 Å². The zero-order chi connectivity index (χ0) is 17.8. The van der Waals surface area contributed by atoms with Crippen LogP contribution in [0.2, 0.25) is 0 Å². The molecule has 1 aromatic heterocycles. The fourth-order valence-corrected chi connectivity index (χ4v) is 3.01. The topological polar surface area (TPSA) is 63.5 Å². The van der Waals surface area contributed by atoms with Crippen LogP contribution in [0.25, 0.3) is 21.9 Å². The molecular formula is C20H24N2O3. The van der Waals surface area contributed by atoms with Gasteiger partial charge in [-0.2, -0.15) is 0 Å². The van der Waals surface area contributed by atoms with E-state index in [4.69, 9.17) is 9.15 Å². The standard InChI is InChI=1S/C20H24N2O3/c1-4-7-13(2)21-12-20(23)22-16-11-18-15(10-19(16)24-3)14-8-5-6-9-17(14)25-18/h5-6,8-11,13,21H,4,7,12H2,1-3H3,(H,22,23)/t13-/m1/s1. The maximum absolute atomic E-state index is 12.2. The van der Waals surface area contributed by atoms with Crippen LogP contribution >= 0.6 is 0 Å². The third kappa shape index (κ3) is 3.77. The van der Waals surface area contributed by atoms with Gasteiger partial charge in [-0.1, -0.05) is 31.5 Å². The molecule has 1 atom stereocenters. The molecule has 1 amide bonds. The molecule has 0 saturated heterocycles. The smallest absolute Gasteiger partial charge is 0.238 e. The van der Waals surface area contributed by atoms with E-state index < -0.39 is 0 Å². The van der Waals surface area contributed by atoms with Gasteiger partial charge in [0.05, 0.1) is 19.3 Å². The van der Waals surface area contributed by atoms with E-state index in [-0.39, 0.29) is 12.5 Å². The van der Waals surface area contributed by atoms with Gasteiger partial charge in [-0.15, -0.1) is 0 Å². The fourth-order valence-electron chi connectivity index (χ4n) is 3.01. The second kappa shape index (κ2) is 7.57. The summed E-state index contributed by atoms with van der Waals surface area (Å²) in [6.45, 7) is 4.48. The molecule has 2 N–H and O–H groups in total. The Morgan fingerprint density at radius 3 is 2.76 bits per heavy atom. The minimum atomic E-state index is -0.100. The Hall–Kier alpha value is -2.53. The molecule has 0 unspecified atom stereocenters. The van der Waals surface area contributed by atoms with Crippen LogP contribution in [0.4, 0.5) is 5.69 Å². The maximum atomic E-state index is 12.2. The summed E-state index contributed by atoms with van der Waals surface area (Å²) >= 11 is 0. The highest BCUT2D eigenvalue weighted by molar-refractivity contribution is 6.07. The van der Waals surface area contributed by atoms with E-state index in [0.29, 0.717) is 17.5 Å². The summed E-state index contributed by atoms with van der Waals surface area (Å²) in [4.78, 5) is 12.2. The summed E-state index contributed by atoms with van der Waals surface area (Å²) in [5.41, 5.74) is 2.16. The van der Waals surface area contributed by atoms with Gasteiger partial charge in [0.1, 0.15) is 16.9 Å². The zero-order valence-electron chi connectivity index (χ0n) is 14.9. The molecule has 0 aliphatic rings. The molecule has 2 aromatic carbocycles. The quantitative estimate of drug-likeness (QED) is 0.673. The Labute approximate surface area is 147 Å². The lowest BCUT2D eigenvalue weighted by atomic mass is 10.1. The number of hydrogen-bond donors (Lipinski definition) is 2. The number of hydrogen-bond acceptors (Lipinski definition) is 4. The van der Waals surface area contributed by atoms with E-state index in [1.165, 1.54) is 0 Å². The highest BCUT2D eigenvalue weighted by atomic mass is 16.5. The summed E-state index contributed by atoms with van der Waals surface area (Å²) in [6, 6.07) is 11.9. The lowest BCUT2D eigenvalue weighted by molar-refractivity contribution is -0.115. The van der Waals surface area contributed by atoms with Crippen molar-refractivity contribution in [2.24, 2.45) is 0 Å². The van der Waals surface area contributed by atoms with Crippen LogP contribution in [0, 0.1) is 0 Å². The number of furan rings is 1. The number of fused-ring (bicyclic) bond motifs is 3. The Kier molecular flexibility index (Phi) is 5.24. The Morgan fingerprint density at radius 2 is 2.00 bits per heavy atom. The third-order valence-corrected chi connectivity index (χ3v) is 4.31. The number of benzene rings is 2. The Balaban J connectivity index is 1.83. The first-order valence-electron chi connectivity index (χ1n) is 8.65. The number of anilines is 1. The SMILES string of the molecule is CCC[C@@H](C)NCC(=O)Nc1cc2oc3ccccc3c2cc1OC. The number of carbonyl (C=O) groups is 1. The van der Waals surface area contributed by atoms with Crippen molar-refractivity contribution in [3.63, 3.8) is 0 Å². The molecule has 5 nitrogen and oxygen atoms in total. The zero-order valence-corrected chi connectivity index (χ0v) is 14.9. The number of amides is 1. The van der Waals surface area contributed by atoms with Crippen molar-refractivity contribution in [2.75, 3.05) is 19.0 Å². The maximum Gasteiger partial charge on any atom is 0.238 e. The second-order valence-corrected chi connectivity index (χ2v) is 6.27. The average Bonchev–Trinajstić information content (AvgIpc) is 2.97. The molecule has 0 radical (unpaired) electrons. The molecule has 0 aliphatic carbocycles. The molecule has 3 rings (SSSR count). The van der Waals surface area contributed by atoms with E-state index in [1.807, 2.05) is 36.4 Å². The first kappa shape index (κ1) is 17.3. The van der Waals surface area contributed by atoms with Gasteiger partial charge in [-0.3, -0.25) is 4.79 Å². The van der Waals surface area contributed by atoms with E-state index >= 15 is 0 Å². The van der Waals surface area contributed by atoms with Gasteiger partial charge in [0.25, 0.3) is 0 Å². The van der Waals surface area contributed by atoms with E-state index in [0.717, 1.165) is 34.8 Å². The highest BCUT2D eigenvalue weighted by Crippen LogP contribution is 2.36. The summed E-state index contributed by atoms with van der Waals surface area (Å²) in [5.74, 6) is 0.519. The summed E-state index contributed by atoms with van der Waals surface area (Å²) in [6.07, 6.45) is 2.13. The Bertz CT molecular complexity index is 885. The van der Waals surface area contributed by atoms with Gasteiger partial charge in [0.2, 0.25) is 5.91 Å². The minimum Gasteiger partial charge on any atom is -0.495 e. The number of methoxy groups -OCH3 is 1. The van der Waals surface area contributed by atoms with Crippen molar-refractivity contribution in [1.29, 1.82) is 0 Å². The van der Waals surface area contributed by atoms with Crippen molar-refractivity contribution >= 4 is 33.5 Å². The van der Waals surface area contributed by atoms with Crippen molar-refractivity contribution < 1.29 is 13.9 Å². The predicted molar refractivity (Wildman–Crippen MR) is 101 cm³/mol. The number of nitrogens with one attached hydrogen (secondary N) is 2. The Morgan fingerprint density at radius 1 is 1.20 bits per heavy atom. The lowest BCUT2D eigenvalue weighted by Gasteiger charge is -2.14. The van der Waals surface area contributed by atoms with E-state index in [1.54, 1.807) is 7.11 Å². The third-order valence-electron chi connectivity index (χ3n) is 4.31. The molecule has 0 aliphatic heterocycles.